The van der Waals surface area contributed by atoms with Crippen molar-refractivity contribution in [1.82, 2.24) is 14.7 Å². The minimum Gasteiger partial charge on any atom is -0.370 e. The Morgan fingerprint density at radius 1 is 0.923 bits per heavy atom. The molecule has 0 bridgehead atoms. The number of carbonyl (C=O) groups is 2. The second kappa shape index (κ2) is 11.9. The van der Waals surface area contributed by atoms with Crippen LogP contribution in [-0.2, 0) is 11.3 Å². The lowest BCUT2D eigenvalue weighted by atomic mass is 9.88. The zero-order valence-corrected chi connectivity index (χ0v) is 21.9. The Morgan fingerprint density at radius 2 is 1.64 bits per heavy atom. The van der Waals surface area contributed by atoms with Gasteiger partial charge in [0.1, 0.15) is 0 Å². The van der Waals surface area contributed by atoms with Crippen LogP contribution < -0.4 is 0 Å². The Kier molecular flexibility index (Phi) is 8.18. The fourth-order valence-corrected chi connectivity index (χ4v) is 5.72. The standard InChI is InChI=1S/C31H32F2N4O2/c32-28-8-7-25(18-29(28)33)30(38)24-9-16-36(17-10-24)31(39)26-2-1-13-37(21-26)27-11-14-35(15-12-27)20-23-5-3-22(19-34)4-6-23/h1-8,18,21,24,27H,9-17,20H2. The first kappa shape index (κ1) is 26.8. The summed E-state index contributed by atoms with van der Waals surface area (Å²) in [6, 6.07) is 13.5. The first-order valence-corrected chi connectivity index (χ1v) is 13.6. The van der Waals surface area contributed by atoms with Crippen LogP contribution >= 0.6 is 0 Å². The van der Waals surface area contributed by atoms with Crippen LogP contribution in [0, 0.1) is 28.9 Å². The molecular formula is C31H32F2N4O2. The highest BCUT2D eigenvalue weighted by atomic mass is 19.2. The molecule has 0 spiro atoms. The largest absolute Gasteiger partial charge is 0.370 e. The number of rotatable bonds is 6. The number of ketones is 1. The van der Waals surface area contributed by atoms with Gasteiger partial charge < -0.3 is 9.80 Å². The van der Waals surface area contributed by atoms with E-state index in [2.05, 4.69) is 15.9 Å². The molecule has 0 atom stereocenters. The zero-order chi connectivity index (χ0) is 27.4. The van der Waals surface area contributed by atoms with Gasteiger partial charge in [0.25, 0.3) is 5.91 Å². The summed E-state index contributed by atoms with van der Waals surface area (Å²) in [6.45, 7) is 4.51. The molecule has 202 valence electrons. The van der Waals surface area contributed by atoms with Crippen LogP contribution in [0.5, 0.6) is 0 Å². The van der Waals surface area contributed by atoms with Crippen molar-refractivity contribution in [3.05, 3.63) is 94.7 Å². The summed E-state index contributed by atoms with van der Waals surface area (Å²) in [7, 11) is 0. The summed E-state index contributed by atoms with van der Waals surface area (Å²) in [4.78, 5) is 32.5. The Hall–Kier alpha value is -3.83. The van der Waals surface area contributed by atoms with Gasteiger partial charge in [-0.2, -0.15) is 5.26 Å². The van der Waals surface area contributed by atoms with Crippen molar-refractivity contribution in [2.24, 2.45) is 5.92 Å². The number of nitriles is 1. The van der Waals surface area contributed by atoms with E-state index in [0.29, 0.717) is 43.1 Å². The maximum atomic E-state index is 13.6. The van der Waals surface area contributed by atoms with E-state index in [1.165, 1.54) is 11.6 Å². The van der Waals surface area contributed by atoms with Gasteiger partial charge in [0, 0.05) is 63.0 Å². The molecule has 0 N–H and O–H groups in total. The molecular weight excluding hydrogens is 498 g/mol. The average Bonchev–Trinajstić information content (AvgIpc) is 2.99. The van der Waals surface area contributed by atoms with Crippen molar-refractivity contribution in [2.45, 2.75) is 38.3 Å². The molecule has 2 aromatic carbocycles. The summed E-state index contributed by atoms with van der Waals surface area (Å²) in [6.07, 6.45) is 8.94. The van der Waals surface area contributed by atoms with E-state index in [1.807, 2.05) is 42.6 Å². The average molecular weight is 531 g/mol. The molecule has 1 amide bonds. The van der Waals surface area contributed by atoms with E-state index >= 15 is 0 Å². The summed E-state index contributed by atoms with van der Waals surface area (Å²) in [5.74, 6) is -2.53. The fourth-order valence-electron chi connectivity index (χ4n) is 5.72. The first-order chi connectivity index (χ1) is 18.9. The third-order valence-electron chi connectivity index (χ3n) is 8.04. The zero-order valence-electron chi connectivity index (χ0n) is 21.9. The van der Waals surface area contributed by atoms with Gasteiger partial charge >= 0.3 is 0 Å². The smallest absolute Gasteiger partial charge is 0.255 e. The number of carbonyl (C=O) groups excluding carboxylic acids is 2. The second-order valence-electron chi connectivity index (χ2n) is 10.6. The number of hydrogen-bond acceptors (Lipinski definition) is 5. The Balaban J connectivity index is 1.12. The summed E-state index contributed by atoms with van der Waals surface area (Å²) >= 11 is 0. The van der Waals surface area contributed by atoms with Gasteiger partial charge in [-0.05, 0) is 61.6 Å². The van der Waals surface area contributed by atoms with Gasteiger partial charge in [0.2, 0.25) is 0 Å². The molecule has 0 unspecified atom stereocenters. The van der Waals surface area contributed by atoms with Crippen LogP contribution in [0.3, 0.4) is 0 Å². The molecule has 3 aliphatic rings. The Morgan fingerprint density at radius 3 is 2.31 bits per heavy atom. The second-order valence-corrected chi connectivity index (χ2v) is 10.6. The molecule has 0 radical (unpaired) electrons. The number of piperidine rings is 2. The normalized spacial score (nSPS) is 19.1. The van der Waals surface area contributed by atoms with E-state index in [1.54, 1.807) is 4.90 Å². The minimum absolute atomic E-state index is 0.0343. The molecule has 6 nitrogen and oxygen atoms in total. The molecule has 0 aromatic heterocycles. The Labute approximate surface area is 227 Å². The number of benzene rings is 2. The topological polar surface area (TPSA) is 67.7 Å². The predicted octanol–water partition coefficient (Wildman–Crippen LogP) is 4.68. The van der Waals surface area contributed by atoms with E-state index in [9.17, 15) is 18.4 Å². The number of Topliss-reactive ketones (excluding diaryl/α,β-unsaturated/α-hetero) is 1. The number of halogens is 2. The SMILES string of the molecule is N#Cc1ccc(CN2CCC(N3C=C(C(=O)N4CCC(C(=O)c5ccc(F)c(F)c5)CC4)C=CC3)CC2)cc1. The van der Waals surface area contributed by atoms with Crippen molar-refractivity contribution >= 4 is 11.7 Å². The summed E-state index contributed by atoms with van der Waals surface area (Å²) in [5.41, 5.74) is 2.71. The van der Waals surface area contributed by atoms with Crippen LogP contribution in [0.25, 0.3) is 0 Å². The van der Waals surface area contributed by atoms with Gasteiger partial charge in [-0.1, -0.05) is 24.3 Å². The molecule has 3 aliphatic heterocycles. The van der Waals surface area contributed by atoms with Crippen molar-refractivity contribution in [3.8, 4) is 6.07 Å². The number of amides is 1. The van der Waals surface area contributed by atoms with Gasteiger partial charge in [-0.15, -0.1) is 0 Å². The molecule has 5 rings (SSSR count). The highest BCUT2D eigenvalue weighted by Crippen LogP contribution is 2.26. The van der Waals surface area contributed by atoms with Crippen LogP contribution in [-0.4, -0.2) is 65.2 Å². The molecule has 2 fully saturated rings. The highest BCUT2D eigenvalue weighted by molar-refractivity contribution is 5.99. The first-order valence-electron chi connectivity index (χ1n) is 13.6. The molecule has 39 heavy (non-hydrogen) atoms. The molecule has 0 saturated carbocycles. The van der Waals surface area contributed by atoms with Crippen molar-refractivity contribution in [3.63, 3.8) is 0 Å². The van der Waals surface area contributed by atoms with Crippen LogP contribution in [0.2, 0.25) is 0 Å². The Bertz CT molecular complexity index is 1320. The third kappa shape index (κ3) is 6.26. The fraction of sp³-hybridized carbons (Fsp3) is 0.387. The van der Waals surface area contributed by atoms with Gasteiger partial charge in [0.05, 0.1) is 17.2 Å². The number of nitrogens with zero attached hydrogens (tertiary/aromatic N) is 4. The lowest BCUT2D eigenvalue weighted by Crippen LogP contribution is -2.44. The maximum Gasteiger partial charge on any atom is 0.255 e. The van der Waals surface area contributed by atoms with E-state index in [4.69, 9.17) is 5.26 Å². The minimum atomic E-state index is -1.02. The maximum absolute atomic E-state index is 13.6. The van der Waals surface area contributed by atoms with Crippen LogP contribution in [0.1, 0.15) is 47.2 Å². The van der Waals surface area contributed by atoms with Crippen molar-refractivity contribution < 1.29 is 18.4 Å². The number of likely N-dealkylation sites (tertiary alicyclic amines) is 2. The van der Waals surface area contributed by atoms with Crippen molar-refractivity contribution in [2.75, 3.05) is 32.7 Å². The lowest BCUT2D eigenvalue weighted by molar-refractivity contribution is -0.128. The molecule has 8 heteroatoms. The molecule has 2 saturated heterocycles. The van der Waals surface area contributed by atoms with Crippen LogP contribution in [0.4, 0.5) is 8.78 Å². The summed E-state index contributed by atoms with van der Waals surface area (Å²) < 4.78 is 26.8. The predicted molar refractivity (Wildman–Crippen MR) is 143 cm³/mol. The summed E-state index contributed by atoms with van der Waals surface area (Å²) in [5, 5.41) is 8.98. The van der Waals surface area contributed by atoms with Gasteiger partial charge in [0.15, 0.2) is 17.4 Å². The monoisotopic (exact) mass is 530 g/mol. The number of hydrogen-bond donors (Lipinski definition) is 0. The highest BCUT2D eigenvalue weighted by Gasteiger charge is 2.31. The third-order valence-corrected chi connectivity index (χ3v) is 8.04. The molecule has 3 heterocycles. The van der Waals surface area contributed by atoms with E-state index < -0.39 is 11.6 Å². The van der Waals surface area contributed by atoms with E-state index in [0.717, 1.165) is 51.2 Å². The van der Waals surface area contributed by atoms with Crippen LogP contribution in [0.15, 0.2) is 66.4 Å². The van der Waals surface area contributed by atoms with Crippen molar-refractivity contribution in [1.29, 1.82) is 5.26 Å². The molecule has 2 aromatic rings. The van der Waals surface area contributed by atoms with Gasteiger partial charge in [-0.25, -0.2) is 8.78 Å². The quantitative estimate of drug-likeness (QED) is 0.508. The molecule has 0 aliphatic carbocycles. The lowest BCUT2D eigenvalue weighted by Gasteiger charge is -2.39. The van der Waals surface area contributed by atoms with E-state index in [-0.39, 0.29) is 23.2 Å². The van der Waals surface area contributed by atoms with Gasteiger partial charge in [-0.3, -0.25) is 14.5 Å².